The predicted octanol–water partition coefficient (Wildman–Crippen LogP) is 3.93. The molecular formula is C11H11ClOS. The summed E-state index contributed by atoms with van der Waals surface area (Å²) < 4.78 is 0.789. The first-order valence-corrected chi connectivity index (χ1v) is 5.94. The van der Waals surface area contributed by atoms with Gasteiger partial charge in [-0.1, -0.05) is 11.6 Å². The van der Waals surface area contributed by atoms with Gasteiger partial charge in [-0.2, -0.15) is 0 Å². The van der Waals surface area contributed by atoms with Gasteiger partial charge in [0.15, 0.2) is 5.78 Å². The van der Waals surface area contributed by atoms with Crippen molar-refractivity contribution in [3.8, 4) is 0 Å². The van der Waals surface area contributed by atoms with Crippen molar-refractivity contribution in [2.24, 2.45) is 0 Å². The molecule has 1 nitrogen and oxygen atoms in total. The van der Waals surface area contributed by atoms with Gasteiger partial charge in [-0.05, 0) is 43.0 Å². The molecule has 74 valence electrons. The maximum Gasteiger partial charge on any atom is 0.156 e. The maximum atomic E-state index is 11.4. The minimum Gasteiger partial charge on any atom is -0.295 e. The summed E-state index contributed by atoms with van der Waals surface area (Å²) in [7, 11) is 0. The summed E-state index contributed by atoms with van der Waals surface area (Å²) in [6, 6.07) is 3.88. The highest BCUT2D eigenvalue weighted by atomic mass is 35.5. The summed E-state index contributed by atoms with van der Waals surface area (Å²) in [5.41, 5.74) is 1.16. The Kier molecular flexibility index (Phi) is 3.04. The summed E-state index contributed by atoms with van der Waals surface area (Å²) in [5.74, 6) is 0.252. The Morgan fingerprint density at radius 3 is 2.71 bits per heavy atom. The molecule has 0 unspecified atom stereocenters. The Hall–Kier alpha value is -0.600. The zero-order chi connectivity index (χ0) is 9.97. The Labute approximate surface area is 92.4 Å². The van der Waals surface area contributed by atoms with Crippen LogP contribution in [0.25, 0.3) is 5.57 Å². The van der Waals surface area contributed by atoms with Gasteiger partial charge in [0.1, 0.15) is 0 Å². The first kappa shape index (κ1) is 9.94. The normalized spacial score (nSPS) is 17.8. The third kappa shape index (κ3) is 2.25. The molecule has 0 bridgehead atoms. The van der Waals surface area contributed by atoms with Gasteiger partial charge in [0.05, 0.1) is 4.34 Å². The van der Waals surface area contributed by atoms with Gasteiger partial charge in [0.2, 0.25) is 0 Å². The summed E-state index contributed by atoms with van der Waals surface area (Å²) >= 11 is 7.41. The van der Waals surface area contributed by atoms with E-state index in [-0.39, 0.29) is 5.78 Å². The van der Waals surface area contributed by atoms with Gasteiger partial charge in [0, 0.05) is 11.3 Å². The molecule has 0 radical (unpaired) electrons. The maximum absolute atomic E-state index is 11.4. The third-order valence-corrected chi connectivity index (χ3v) is 3.65. The van der Waals surface area contributed by atoms with Crippen molar-refractivity contribution in [3.05, 3.63) is 27.4 Å². The van der Waals surface area contributed by atoms with Crippen LogP contribution in [0, 0.1) is 0 Å². The van der Waals surface area contributed by atoms with Crippen molar-refractivity contribution in [2.45, 2.75) is 25.7 Å². The van der Waals surface area contributed by atoms with Crippen LogP contribution in [0.2, 0.25) is 4.34 Å². The molecule has 1 aromatic heterocycles. The van der Waals surface area contributed by atoms with Crippen molar-refractivity contribution in [2.75, 3.05) is 0 Å². The van der Waals surface area contributed by atoms with Crippen molar-refractivity contribution in [1.29, 1.82) is 0 Å². The average molecular weight is 227 g/mol. The fourth-order valence-electron chi connectivity index (χ4n) is 1.63. The molecule has 1 aliphatic rings. The smallest absolute Gasteiger partial charge is 0.156 e. The van der Waals surface area contributed by atoms with E-state index in [1.54, 1.807) is 17.4 Å². The van der Waals surface area contributed by atoms with Crippen LogP contribution < -0.4 is 0 Å². The number of rotatable bonds is 1. The van der Waals surface area contributed by atoms with Gasteiger partial charge < -0.3 is 0 Å². The van der Waals surface area contributed by atoms with E-state index in [1.165, 1.54) is 0 Å². The highest BCUT2D eigenvalue weighted by molar-refractivity contribution is 7.17. The largest absolute Gasteiger partial charge is 0.295 e. The zero-order valence-corrected chi connectivity index (χ0v) is 9.33. The highest BCUT2D eigenvalue weighted by Crippen LogP contribution is 2.32. The van der Waals surface area contributed by atoms with E-state index < -0.39 is 0 Å². The number of allylic oxidation sites excluding steroid dienone is 2. The number of thiophene rings is 1. The Morgan fingerprint density at radius 2 is 2.00 bits per heavy atom. The third-order valence-electron chi connectivity index (χ3n) is 2.34. The first-order valence-electron chi connectivity index (χ1n) is 4.75. The van der Waals surface area contributed by atoms with E-state index in [1.807, 2.05) is 12.1 Å². The summed E-state index contributed by atoms with van der Waals surface area (Å²) in [4.78, 5) is 12.5. The molecule has 0 atom stereocenters. The van der Waals surface area contributed by atoms with E-state index in [2.05, 4.69) is 0 Å². The second-order valence-corrected chi connectivity index (χ2v) is 5.16. The van der Waals surface area contributed by atoms with Crippen molar-refractivity contribution < 1.29 is 4.79 Å². The standard InChI is InChI=1S/C11H11ClOS/c12-11-6-5-10(14-11)8-3-1-2-4-9(13)7-8/h5-7H,1-4H2. The topological polar surface area (TPSA) is 17.1 Å². The summed E-state index contributed by atoms with van der Waals surface area (Å²) in [5, 5.41) is 0. The number of hydrogen-bond donors (Lipinski definition) is 0. The van der Waals surface area contributed by atoms with Gasteiger partial charge >= 0.3 is 0 Å². The number of halogens is 1. The minimum absolute atomic E-state index is 0.252. The number of ketones is 1. The molecule has 3 heteroatoms. The molecule has 0 saturated heterocycles. The second-order valence-electron chi connectivity index (χ2n) is 3.45. The van der Waals surface area contributed by atoms with Gasteiger partial charge in [-0.25, -0.2) is 0 Å². The molecule has 14 heavy (non-hydrogen) atoms. The fourth-order valence-corrected chi connectivity index (χ4v) is 2.72. The Balaban J connectivity index is 2.28. The first-order chi connectivity index (χ1) is 6.75. The van der Waals surface area contributed by atoms with Gasteiger partial charge in [-0.3, -0.25) is 4.79 Å². The number of hydrogen-bond acceptors (Lipinski definition) is 2. The highest BCUT2D eigenvalue weighted by Gasteiger charge is 2.11. The molecule has 0 aromatic carbocycles. The summed E-state index contributed by atoms with van der Waals surface area (Å²) in [6.45, 7) is 0. The van der Waals surface area contributed by atoms with Crippen LogP contribution >= 0.6 is 22.9 Å². The molecule has 0 amide bonds. The van der Waals surface area contributed by atoms with Crippen molar-refractivity contribution in [1.82, 2.24) is 0 Å². The Morgan fingerprint density at radius 1 is 1.21 bits per heavy atom. The quantitative estimate of drug-likeness (QED) is 0.709. The molecule has 0 aliphatic heterocycles. The lowest BCUT2D eigenvalue weighted by Crippen LogP contribution is -1.89. The second kappa shape index (κ2) is 4.28. The van der Waals surface area contributed by atoms with E-state index in [0.29, 0.717) is 6.42 Å². The van der Waals surface area contributed by atoms with E-state index in [9.17, 15) is 4.79 Å². The van der Waals surface area contributed by atoms with E-state index >= 15 is 0 Å². The van der Waals surface area contributed by atoms with Crippen LogP contribution in [-0.4, -0.2) is 5.78 Å². The molecule has 1 heterocycles. The van der Waals surface area contributed by atoms with Crippen molar-refractivity contribution in [3.63, 3.8) is 0 Å². The molecule has 0 N–H and O–H groups in total. The van der Waals surface area contributed by atoms with E-state index in [4.69, 9.17) is 11.6 Å². The Bertz CT molecular complexity index is 378. The van der Waals surface area contributed by atoms with Crippen LogP contribution in [0.5, 0.6) is 0 Å². The minimum atomic E-state index is 0.252. The lowest BCUT2D eigenvalue weighted by atomic mass is 10.1. The molecule has 0 spiro atoms. The van der Waals surface area contributed by atoms with Crippen LogP contribution in [-0.2, 0) is 4.79 Å². The van der Waals surface area contributed by atoms with Gasteiger partial charge in [0.25, 0.3) is 0 Å². The fraction of sp³-hybridized carbons (Fsp3) is 0.364. The lowest BCUT2D eigenvalue weighted by Gasteiger charge is -1.99. The molecular weight excluding hydrogens is 216 g/mol. The van der Waals surface area contributed by atoms with Gasteiger partial charge in [-0.15, -0.1) is 11.3 Å². The monoisotopic (exact) mass is 226 g/mol. The van der Waals surface area contributed by atoms with Crippen molar-refractivity contribution >= 4 is 34.3 Å². The zero-order valence-electron chi connectivity index (χ0n) is 7.75. The number of carbonyl (C=O) groups excluding carboxylic acids is 1. The molecule has 2 rings (SSSR count). The SMILES string of the molecule is O=C1C=C(c2ccc(Cl)s2)CCCC1. The van der Waals surface area contributed by atoms with Crippen LogP contribution in [0.15, 0.2) is 18.2 Å². The molecule has 0 saturated carbocycles. The molecule has 0 fully saturated rings. The lowest BCUT2D eigenvalue weighted by molar-refractivity contribution is -0.114. The number of carbonyl (C=O) groups is 1. The molecule has 1 aliphatic carbocycles. The predicted molar refractivity (Wildman–Crippen MR) is 60.8 cm³/mol. The van der Waals surface area contributed by atoms with E-state index in [0.717, 1.165) is 34.0 Å². The van der Waals surface area contributed by atoms with Crippen LogP contribution in [0.3, 0.4) is 0 Å². The summed E-state index contributed by atoms with van der Waals surface area (Å²) in [6.07, 6.45) is 5.60. The molecule has 1 aromatic rings. The van der Waals surface area contributed by atoms with Crippen LogP contribution in [0.4, 0.5) is 0 Å². The van der Waals surface area contributed by atoms with Crippen LogP contribution in [0.1, 0.15) is 30.6 Å². The average Bonchev–Trinajstić information content (AvgIpc) is 2.45.